The van der Waals surface area contributed by atoms with Gasteiger partial charge in [-0.1, -0.05) is 24.3 Å². The van der Waals surface area contributed by atoms with Gasteiger partial charge in [-0.2, -0.15) is 0 Å². The number of hydrogen-bond acceptors (Lipinski definition) is 3. The Labute approximate surface area is 126 Å². The van der Waals surface area contributed by atoms with Crippen LogP contribution in [0.25, 0.3) is 0 Å². The number of likely N-dealkylation sites (tertiary alicyclic amines) is 1. The zero-order valence-corrected chi connectivity index (χ0v) is 12.8. The first-order valence-corrected chi connectivity index (χ1v) is 8.01. The van der Waals surface area contributed by atoms with Gasteiger partial charge < -0.3 is 15.5 Å². The van der Waals surface area contributed by atoms with Crippen LogP contribution in [0.1, 0.15) is 24.0 Å². The number of rotatable bonds is 3. The van der Waals surface area contributed by atoms with Gasteiger partial charge in [0.15, 0.2) is 0 Å². The molecule has 2 aliphatic rings. The van der Waals surface area contributed by atoms with Crippen LogP contribution in [0.5, 0.6) is 0 Å². The molecular formula is C17H25N3O. The average Bonchev–Trinajstić information content (AvgIpc) is 2.54. The van der Waals surface area contributed by atoms with Crippen molar-refractivity contribution in [1.29, 1.82) is 0 Å². The largest absolute Gasteiger partial charge is 0.341 e. The highest BCUT2D eigenvalue weighted by Gasteiger charge is 2.30. The molecule has 0 bridgehead atoms. The lowest BCUT2D eigenvalue weighted by molar-refractivity contribution is -0.135. The van der Waals surface area contributed by atoms with E-state index in [-0.39, 0.29) is 11.9 Å². The summed E-state index contributed by atoms with van der Waals surface area (Å²) in [5, 5.41) is 6.65. The third kappa shape index (κ3) is 3.27. The maximum Gasteiger partial charge on any atom is 0.240 e. The molecule has 1 saturated heterocycles. The standard InChI is InChI=1S/C17H25N3O/c1-18-10-13-5-4-8-20(12-13)17(21)16-9-14-6-2-3-7-15(14)11-19-16/h2-3,6-7,13,16,18-19H,4-5,8-12H2,1H3/t13-,16-/m0/s1. The summed E-state index contributed by atoms with van der Waals surface area (Å²) in [5.74, 6) is 0.883. The molecule has 2 heterocycles. The summed E-state index contributed by atoms with van der Waals surface area (Å²) in [6.45, 7) is 3.63. The van der Waals surface area contributed by atoms with Crippen molar-refractivity contribution in [3.63, 3.8) is 0 Å². The highest BCUT2D eigenvalue weighted by Crippen LogP contribution is 2.20. The molecule has 1 amide bonds. The smallest absolute Gasteiger partial charge is 0.240 e. The number of amides is 1. The minimum atomic E-state index is -0.0479. The fourth-order valence-corrected chi connectivity index (χ4v) is 3.57. The molecule has 0 unspecified atom stereocenters. The molecule has 1 aromatic carbocycles. The Morgan fingerprint density at radius 3 is 3.00 bits per heavy atom. The van der Waals surface area contributed by atoms with Gasteiger partial charge in [-0.3, -0.25) is 4.79 Å². The summed E-state index contributed by atoms with van der Waals surface area (Å²) in [7, 11) is 1.99. The Balaban J connectivity index is 1.63. The third-order valence-corrected chi connectivity index (χ3v) is 4.70. The number of fused-ring (bicyclic) bond motifs is 1. The molecule has 1 aromatic rings. The molecular weight excluding hydrogens is 262 g/mol. The normalized spacial score (nSPS) is 25.5. The van der Waals surface area contributed by atoms with Crippen molar-refractivity contribution < 1.29 is 4.79 Å². The second-order valence-corrected chi connectivity index (χ2v) is 6.26. The lowest BCUT2D eigenvalue weighted by Gasteiger charge is -2.36. The van der Waals surface area contributed by atoms with Gasteiger partial charge in [0.25, 0.3) is 0 Å². The number of hydrogen-bond donors (Lipinski definition) is 2. The van der Waals surface area contributed by atoms with Crippen LogP contribution < -0.4 is 10.6 Å². The molecule has 21 heavy (non-hydrogen) atoms. The predicted octanol–water partition coefficient (Wildman–Crippen LogP) is 1.16. The van der Waals surface area contributed by atoms with Crippen molar-refractivity contribution in [1.82, 2.24) is 15.5 Å². The third-order valence-electron chi connectivity index (χ3n) is 4.70. The van der Waals surface area contributed by atoms with Crippen LogP contribution in [0.4, 0.5) is 0 Å². The van der Waals surface area contributed by atoms with Crippen LogP contribution in [0.3, 0.4) is 0 Å². The Kier molecular flexibility index (Phi) is 4.56. The van der Waals surface area contributed by atoms with Gasteiger partial charge in [-0.25, -0.2) is 0 Å². The first-order valence-electron chi connectivity index (χ1n) is 8.01. The molecule has 4 heteroatoms. The summed E-state index contributed by atoms with van der Waals surface area (Å²) in [6, 6.07) is 8.38. The summed E-state index contributed by atoms with van der Waals surface area (Å²) in [5.41, 5.74) is 2.65. The van der Waals surface area contributed by atoms with E-state index >= 15 is 0 Å². The van der Waals surface area contributed by atoms with Gasteiger partial charge in [0.2, 0.25) is 5.91 Å². The van der Waals surface area contributed by atoms with Gasteiger partial charge in [-0.15, -0.1) is 0 Å². The fraction of sp³-hybridized carbons (Fsp3) is 0.588. The summed E-state index contributed by atoms with van der Waals surface area (Å²) < 4.78 is 0. The number of nitrogens with one attached hydrogen (secondary N) is 2. The van der Waals surface area contributed by atoms with Gasteiger partial charge in [0, 0.05) is 19.6 Å². The van der Waals surface area contributed by atoms with E-state index in [1.165, 1.54) is 17.5 Å². The van der Waals surface area contributed by atoms with Crippen molar-refractivity contribution in [2.75, 3.05) is 26.7 Å². The van der Waals surface area contributed by atoms with Crippen molar-refractivity contribution in [3.8, 4) is 0 Å². The van der Waals surface area contributed by atoms with Gasteiger partial charge in [0.1, 0.15) is 0 Å². The maximum absolute atomic E-state index is 12.8. The maximum atomic E-state index is 12.8. The zero-order valence-electron chi connectivity index (χ0n) is 12.8. The molecule has 0 aliphatic carbocycles. The lowest BCUT2D eigenvalue weighted by atomic mass is 9.93. The van der Waals surface area contributed by atoms with Crippen molar-refractivity contribution in [2.45, 2.75) is 31.8 Å². The van der Waals surface area contributed by atoms with E-state index in [1.807, 2.05) is 7.05 Å². The Morgan fingerprint density at radius 2 is 2.19 bits per heavy atom. The second kappa shape index (κ2) is 6.58. The molecule has 2 aliphatic heterocycles. The number of nitrogens with zero attached hydrogens (tertiary/aromatic N) is 1. The Morgan fingerprint density at radius 1 is 1.38 bits per heavy atom. The van der Waals surface area contributed by atoms with E-state index < -0.39 is 0 Å². The molecule has 0 saturated carbocycles. The minimum absolute atomic E-state index is 0.0479. The molecule has 4 nitrogen and oxygen atoms in total. The van der Waals surface area contributed by atoms with E-state index in [0.717, 1.165) is 39.0 Å². The molecule has 1 fully saturated rings. The fourth-order valence-electron chi connectivity index (χ4n) is 3.57. The number of carbonyl (C=O) groups is 1. The van der Waals surface area contributed by atoms with Gasteiger partial charge >= 0.3 is 0 Å². The van der Waals surface area contributed by atoms with Crippen LogP contribution in [0, 0.1) is 5.92 Å². The van der Waals surface area contributed by atoms with Crippen molar-refractivity contribution in [3.05, 3.63) is 35.4 Å². The summed E-state index contributed by atoms with van der Waals surface area (Å²) >= 11 is 0. The molecule has 0 spiro atoms. The van der Waals surface area contributed by atoms with E-state index in [9.17, 15) is 4.79 Å². The van der Waals surface area contributed by atoms with E-state index in [1.54, 1.807) is 0 Å². The zero-order chi connectivity index (χ0) is 14.7. The summed E-state index contributed by atoms with van der Waals surface area (Å²) in [6.07, 6.45) is 3.18. The molecule has 114 valence electrons. The quantitative estimate of drug-likeness (QED) is 0.877. The Hall–Kier alpha value is -1.39. The van der Waals surface area contributed by atoms with Crippen LogP contribution in [-0.4, -0.2) is 43.5 Å². The van der Waals surface area contributed by atoms with Gasteiger partial charge in [-0.05, 0) is 49.9 Å². The molecule has 2 N–H and O–H groups in total. The highest BCUT2D eigenvalue weighted by molar-refractivity contribution is 5.82. The van der Waals surface area contributed by atoms with Crippen molar-refractivity contribution >= 4 is 5.91 Å². The monoisotopic (exact) mass is 287 g/mol. The summed E-state index contributed by atoms with van der Waals surface area (Å²) in [4.78, 5) is 14.8. The highest BCUT2D eigenvalue weighted by atomic mass is 16.2. The van der Waals surface area contributed by atoms with Crippen LogP contribution in [0.2, 0.25) is 0 Å². The topological polar surface area (TPSA) is 44.4 Å². The SMILES string of the molecule is CNC[C@@H]1CCCN(C(=O)[C@@H]2Cc3ccccc3CN2)C1. The molecule has 3 rings (SSSR count). The van der Waals surface area contributed by atoms with E-state index in [4.69, 9.17) is 0 Å². The van der Waals surface area contributed by atoms with Crippen molar-refractivity contribution in [2.24, 2.45) is 5.92 Å². The molecule has 2 atom stereocenters. The van der Waals surface area contributed by atoms with Crippen LogP contribution in [0.15, 0.2) is 24.3 Å². The molecule has 0 radical (unpaired) electrons. The predicted molar refractivity (Wildman–Crippen MR) is 84.0 cm³/mol. The first-order chi connectivity index (χ1) is 10.3. The lowest BCUT2D eigenvalue weighted by Crippen LogP contribution is -2.52. The number of piperidine rings is 1. The number of carbonyl (C=O) groups excluding carboxylic acids is 1. The minimum Gasteiger partial charge on any atom is -0.341 e. The molecule has 0 aromatic heterocycles. The van der Waals surface area contributed by atoms with E-state index in [0.29, 0.717) is 5.92 Å². The van der Waals surface area contributed by atoms with E-state index in [2.05, 4.69) is 39.8 Å². The first kappa shape index (κ1) is 14.5. The Bertz CT molecular complexity index is 501. The van der Waals surface area contributed by atoms with Crippen LogP contribution in [-0.2, 0) is 17.8 Å². The van der Waals surface area contributed by atoms with Gasteiger partial charge in [0.05, 0.1) is 6.04 Å². The second-order valence-electron chi connectivity index (χ2n) is 6.26. The average molecular weight is 287 g/mol. The number of benzene rings is 1. The van der Waals surface area contributed by atoms with Crippen LogP contribution >= 0.6 is 0 Å².